The summed E-state index contributed by atoms with van der Waals surface area (Å²) in [7, 11) is 0. The number of primary amides is 1. The highest BCUT2D eigenvalue weighted by molar-refractivity contribution is 7.17. The first-order valence-corrected chi connectivity index (χ1v) is 11.0. The average molecular weight is 399 g/mol. The molecule has 1 aromatic heterocycles. The molecule has 4 nitrogen and oxygen atoms in total. The second-order valence-electron chi connectivity index (χ2n) is 8.18. The summed E-state index contributed by atoms with van der Waals surface area (Å²) in [6.07, 6.45) is 6.22. The van der Waals surface area contributed by atoms with Crippen LogP contribution in [-0.4, -0.2) is 11.8 Å². The van der Waals surface area contributed by atoms with Gasteiger partial charge in [-0.05, 0) is 61.6 Å². The quantitative estimate of drug-likeness (QED) is 0.668. The third kappa shape index (κ3) is 4.64. The van der Waals surface area contributed by atoms with Crippen molar-refractivity contribution in [1.82, 2.24) is 0 Å². The molecule has 1 heterocycles. The van der Waals surface area contributed by atoms with Crippen molar-refractivity contribution in [1.29, 1.82) is 0 Å². The van der Waals surface area contributed by atoms with E-state index < -0.39 is 5.91 Å². The summed E-state index contributed by atoms with van der Waals surface area (Å²) < 4.78 is 0. The number of nitrogens with one attached hydrogen (secondary N) is 1. The molecular weight excluding hydrogens is 368 g/mol. The highest BCUT2D eigenvalue weighted by atomic mass is 32.1. The van der Waals surface area contributed by atoms with Crippen molar-refractivity contribution in [3.63, 3.8) is 0 Å². The van der Waals surface area contributed by atoms with Gasteiger partial charge in [0.25, 0.3) is 5.91 Å². The topological polar surface area (TPSA) is 72.2 Å². The maximum absolute atomic E-state index is 12.9. The SMILES string of the molecule is CC(C)Cc1ccc(C(C)C(=O)Nc2sc3c(c2C(N)=O)CCCCC3)cc1. The summed E-state index contributed by atoms with van der Waals surface area (Å²) >= 11 is 1.52. The molecule has 0 radical (unpaired) electrons. The highest BCUT2D eigenvalue weighted by Crippen LogP contribution is 2.37. The van der Waals surface area contributed by atoms with Gasteiger partial charge < -0.3 is 11.1 Å². The Bertz CT molecular complexity index is 852. The summed E-state index contributed by atoms with van der Waals surface area (Å²) in [4.78, 5) is 26.2. The van der Waals surface area contributed by atoms with E-state index in [0.717, 1.165) is 43.2 Å². The zero-order valence-corrected chi connectivity index (χ0v) is 17.8. The lowest BCUT2D eigenvalue weighted by Crippen LogP contribution is -2.21. The van der Waals surface area contributed by atoms with Crippen molar-refractivity contribution in [3.05, 3.63) is 51.4 Å². The zero-order chi connectivity index (χ0) is 20.3. The molecule has 0 bridgehead atoms. The predicted molar refractivity (Wildman–Crippen MR) is 116 cm³/mol. The van der Waals surface area contributed by atoms with Crippen LogP contribution in [0.15, 0.2) is 24.3 Å². The second-order valence-corrected chi connectivity index (χ2v) is 9.29. The van der Waals surface area contributed by atoms with Gasteiger partial charge in [-0.3, -0.25) is 9.59 Å². The fourth-order valence-electron chi connectivity index (χ4n) is 3.88. The molecule has 0 saturated carbocycles. The molecule has 3 N–H and O–H groups in total. The fourth-order valence-corrected chi connectivity index (χ4v) is 5.17. The first-order valence-electron chi connectivity index (χ1n) is 10.2. The Kier molecular flexibility index (Phi) is 6.55. The van der Waals surface area contributed by atoms with Crippen molar-refractivity contribution >= 4 is 28.2 Å². The summed E-state index contributed by atoms with van der Waals surface area (Å²) in [5, 5.41) is 3.61. The Labute approximate surface area is 171 Å². The second kappa shape index (κ2) is 8.91. The molecule has 1 atom stereocenters. The van der Waals surface area contributed by atoms with Gasteiger partial charge in [0, 0.05) is 4.88 Å². The van der Waals surface area contributed by atoms with E-state index in [4.69, 9.17) is 5.73 Å². The molecular formula is C23H30N2O2S. The lowest BCUT2D eigenvalue weighted by Gasteiger charge is -2.14. The summed E-state index contributed by atoms with van der Waals surface area (Å²) in [6.45, 7) is 6.29. The molecule has 5 heteroatoms. The Morgan fingerprint density at radius 1 is 1.07 bits per heavy atom. The standard InChI is InChI=1S/C23H30N2O2S/c1-14(2)13-16-9-11-17(12-10-16)15(3)22(27)25-23-20(21(24)26)18-7-5-4-6-8-19(18)28-23/h9-12,14-15H,4-8,13H2,1-3H3,(H2,24,26)(H,25,27). The minimum absolute atomic E-state index is 0.101. The fraction of sp³-hybridized carbons (Fsp3) is 0.478. The lowest BCUT2D eigenvalue weighted by atomic mass is 9.96. The maximum Gasteiger partial charge on any atom is 0.251 e. The van der Waals surface area contributed by atoms with Gasteiger partial charge in [-0.25, -0.2) is 0 Å². The number of carbonyl (C=O) groups is 2. The highest BCUT2D eigenvalue weighted by Gasteiger charge is 2.25. The van der Waals surface area contributed by atoms with Gasteiger partial charge in [0.15, 0.2) is 0 Å². The van der Waals surface area contributed by atoms with Gasteiger partial charge in [-0.2, -0.15) is 0 Å². The summed E-state index contributed by atoms with van der Waals surface area (Å²) in [5.41, 5.74) is 9.50. The average Bonchev–Trinajstić information content (AvgIpc) is 2.82. The van der Waals surface area contributed by atoms with Crippen molar-refractivity contribution < 1.29 is 9.59 Å². The molecule has 0 aliphatic heterocycles. The number of aryl methyl sites for hydroxylation is 1. The van der Waals surface area contributed by atoms with E-state index in [9.17, 15) is 9.59 Å². The van der Waals surface area contributed by atoms with Crippen molar-refractivity contribution in [2.45, 2.75) is 65.2 Å². The normalized spacial score (nSPS) is 15.0. The Hall–Kier alpha value is -2.14. The van der Waals surface area contributed by atoms with Crippen LogP contribution in [-0.2, 0) is 24.1 Å². The minimum Gasteiger partial charge on any atom is -0.365 e. The largest absolute Gasteiger partial charge is 0.365 e. The molecule has 0 fully saturated rings. The molecule has 0 saturated heterocycles. The molecule has 1 aromatic carbocycles. The summed E-state index contributed by atoms with van der Waals surface area (Å²) in [5.74, 6) is -0.237. The van der Waals surface area contributed by atoms with Crippen LogP contribution in [0, 0.1) is 5.92 Å². The first-order chi connectivity index (χ1) is 13.4. The van der Waals surface area contributed by atoms with Crippen LogP contribution in [0.2, 0.25) is 0 Å². The van der Waals surface area contributed by atoms with Crippen molar-refractivity contribution in [2.24, 2.45) is 11.7 Å². The van der Waals surface area contributed by atoms with Gasteiger partial charge in [0.1, 0.15) is 5.00 Å². The van der Waals surface area contributed by atoms with Crippen molar-refractivity contribution in [2.75, 3.05) is 5.32 Å². The molecule has 28 heavy (non-hydrogen) atoms. The number of fused-ring (bicyclic) bond motifs is 1. The summed E-state index contributed by atoms with van der Waals surface area (Å²) in [6, 6.07) is 8.25. The van der Waals surface area contributed by atoms with Crippen LogP contribution in [0.1, 0.15) is 77.9 Å². The number of anilines is 1. The number of carbonyl (C=O) groups excluding carboxylic acids is 2. The van der Waals surface area contributed by atoms with E-state index in [1.807, 2.05) is 19.1 Å². The number of rotatable bonds is 6. The number of thiophene rings is 1. The van der Waals surface area contributed by atoms with E-state index >= 15 is 0 Å². The molecule has 1 unspecified atom stereocenters. The van der Waals surface area contributed by atoms with Crippen LogP contribution in [0.4, 0.5) is 5.00 Å². The van der Waals surface area contributed by atoms with Crippen LogP contribution in [0.25, 0.3) is 0 Å². The number of benzene rings is 1. The van der Waals surface area contributed by atoms with E-state index in [1.54, 1.807) is 0 Å². The van der Waals surface area contributed by atoms with Gasteiger partial charge in [-0.15, -0.1) is 11.3 Å². The van der Waals surface area contributed by atoms with Crippen LogP contribution in [0.3, 0.4) is 0 Å². The Morgan fingerprint density at radius 3 is 2.39 bits per heavy atom. The zero-order valence-electron chi connectivity index (χ0n) is 17.0. The van der Waals surface area contributed by atoms with Crippen LogP contribution in [0.5, 0.6) is 0 Å². The van der Waals surface area contributed by atoms with E-state index in [-0.39, 0.29) is 11.8 Å². The van der Waals surface area contributed by atoms with Crippen molar-refractivity contribution in [3.8, 4) is 0 Å². The van der Waals surface area contributed by atoms with E-state index in [2.05, 4.69) is 31.3 Å². The maximum atomic E-state index is 12.9. The Balaban J connectivity index is 1.78. The van der Waals surface area contributed by atoms with Gasteiger partial charge >= 0.3 is 0 Å². The molecule has 3 rings (SSSR count). The number of amides is 2. The number of hydrogen-bond acceptors (Lipinski definition) is 3. The van der Waals surface area contributed by atoms with Gasteiger partial charge in [-0.1, -0.05) is 44.5 Å². The van der Waals surface area contributed by atoms with E-state index in [0.29, 0.717) is 16.5 Å². The Morgan fingerprint density at radius 2 is 1.75 bits per heavy atom. The molecule has 1 aliphatic rings. The predicted octanol–water partition coefficient (Wildman–Crippen LogP) is 5.06. The molecule has 2 amide bonds. The number of hydrogen-bond donors (Lipinski definition) is 2. The van der Waals surface area contributed by atoms with Crippen LogP contribution < -0.4 is 11.1 Å². The molecule has 150 valence electrons. The minimum atomic E-state index is -0.444. The third-order valence-electron chi connectivity index (χ3n) is 5.42. The molecule has 0 spiro atoms. The first kappa shape index (κ1) is 20.6. The van der Waals surface area contributed by atoms with Gasteiger partial charge in [0.2, 0.25) is 5.91 Å². The van der Waals surface area contributed by atoms with E-state index in [1.165, 1.54) is 28.2 Å². The monoisotopic (exact) mass is 398 g/mol. The van der Waals surface area contributed by atoms with Crippen LogP contribution >= 0.6 is 11.3 Å². The number of nitrogens with two attached hydrogens (primary N) is 1. The molecule has 2 aromatic rings. The smallest absolute Gasteiger partial charge is 0.251 e. The third-order valence-corrected chi connectivity index (χ3v) is 6.63. The molecule has 1 aliphatic carbocycles. The van der Waals surface area contributed by atoms with Gasteiger partial charge in [0.05, 0.1) is 11.5 Å². The lowest BCUT2D eigenvalue weighted by molar-refractivity contribution is -0.117.